The fourth-order valence-electron chi connectivity index (χ4n) is 2.14. The molecule has 0 N–H and O–H groups in total. The van der Waals surface area contributed by atoms with Crippen LogP contribution in [0.1, 0.15) is 39.2 Å². The van der Waals surface area contributed by atoms with E-state index < -0.39 is 0 Å². The Labute approximate surface area is 138 Å². The number of unbranched alkanes of at least 4 members (excludes halogenated alkanes) is 1. The maximum absolute atomic E-state index is 12.3. The molecule has 2 rings (SSSR count). The Morgan fingerprint density at radius 2 is 2.26 bits per heavy atom. The summed E-state index contributed by atoms with van der Waals surface area (Å²) < 4.78 is 2.61. The first kappa shape index (κ1) is 15.5. The number of carbonyl (C=O) groups is 1. The number of hydrogen-bond donors (Lipinski definition) is 0. The van der Waals surface area contributed by atoms with Crippen LogP contribution in [0.25, 0.3) is 3.58 Å². The van der Waals surface area contributed by atoms with Crippen molar-refractivity contribution in [1.82, 2.24) is 4.90 Å². The minimum absolute atomic E-state index is 0.0459. The standard InChI is InChI=1S/C14H18INOSSe/c1-4-5-7-16-13(17)19-12(14(16,2)3)11(15)10-6-8-18-9-10/h6,8-9H,4-5,7H2,1-3H3/b12-11+. The van der Waals surface area contributed by atoms with Crippen LogP contribution < -0.4 is 0 Å². The van der Waals surface area contributed by atoms with E-state index in [2.05, 4.69) is 65.1 Å². The SMILES string of the molecule is CCCCN1C(=O)[Se]/C(=C(/I)c2ccsc2)C1(C)C. The van der Waals surface area contributed by atoms with Crippen LogP contribution in [0.4, 0.5) is 4.79 Å². The molecule has 0 atom stereocenters. The Morgan fingerprint density at radius 1 is 1.53 bits per heavy atom. The van der Waals surface area contributed by atoms with Gasteiger partial charge in [0.1, 0.15) is 0 Å². The molecule has 2 nitrogen and oxygen atoms in total. The molecule has 1 saturated heterocycles. The van der Waals surface area contributed by atoms with Gasteiger partial charge in [0.2, 0.25) is 0 Å². The number of thiophene rings is 1. The number of halogens is 1. The Bertz CT molecular complexity index is 496. The van der Waals surface area contributed by atoms with Crippen LogP contribution in [0.2, 0.25) is 0 Å². The molecule has 0 aromatic carbocycles. The second kappa shape index (κ2) is 6.29. The summed E-state index contributed by atoms with van der Waals surface area (Å²) in [6.07, 6.45) is 2.22. The van der Waals surface area contributed by atoms with Gasteiger partial charge in [0, 0.05) is 0 Å². The predicted molar refractivity (Wildman–Crippen MR) is 92.1 cm³/mol. The van der Waals surface area contributed by atoms with Crippen LogP contribution in [0.15, 0.2) is 21.3 Å². The molecule has 1 amide bonds. The van der Waals surface area contributed by atoms with Gasteiger partial charge in [0.15, 0.2) is 0 Å². The van der Waals surface area contributed by atoms with Crippen molar-refractivity contribution in [2.45, 2.75) is 39.2 Å². The molecule has 0 bridgehead atoms. The number of rotatable bonds is 4. The van der Waals surface area contributed by atoms with Gasteiger partial charge >= 0.3 is 140 Å². The van der Waals surface area contributed by atoms with Gasteiger partial charge in [-0.1, -0.05) is 0 Å². The summed E-state index contributed by atoms with van der Waals surface area (Å²) >= 11 is 4.08. The van der Waals surface area contributed by atoms with Crippen LogP contribution in [0, 0.1) is 0 Å². The quantitative estimate of drug-likeness (QED) is 0.483. The van der Waals surface area contributed by atoms with Gasteiger partial charge in [-0.25, -0.2) is 0 Å². The third-order valence-electron chi connectivity index (χ3n) is 3.35. The number of carbonyl (C=O) groups excluding carboxylic acids is 1. The second-order valence-corrected chi connectivity index (χ2v) is 8.96. The molecule has 1 aliphatic heterocycles. The summed E-state index contributed by atoms with van der Waals surface area (Å²) in [7, 11) is 0. The maximum atomic E-state index is 12.3. The fourth-order valence-corrected chi connectivity index (χ4v) is 7.02. The molecule has 0 unspecified atom stereocenters. The van der Waals surface area contributed by atoms with E-state index in [1.807, 2.05) is 0 Å². The molecule has 1 fully saturated rings. The van der Waals surface area contributed by atoms with Gasteiger partial charge in [-0.2, -0.15) is 0 Å². The topological polar surface area (TPSA) is 20.3 Å². The van der Waals surface area contributed by atoms with Crippen molar-refractivity contribution >= 4 is 57.3 Å². The Kier molecular flexibility index (Phi) is 5.15. The fraction of sp³-hybridized carbons (Fsp3) is 0.500. The van der Waals surface area contributed by atoms with E-state index in [9.17, 15) is 4.79 Å². The molecule has 1 aromatic heterocycles. The van der Waals surface area contributed by atoms with Gasteiger partial charge in [-0.15, -0.1) is 0 Å². The van der Waals surface area contributed by atoms with E-state index in [1.165, 1.54) is 13.6 Å². The monoisotopic (exact) mass is 455 g/mol. The van der Waals surface area contributed by atoms with Crippen molar-refractivity contribution in [3.05, 3.63) is 26.9 Å². The third kappa shape index (κ3) is 3.09. The van der Waals surface area contributed by atoms with E-state index in [0.29, 0.717) is 4.81 Å². The Morgan fingerprint density at radius 3 is 2.84 bits per heavy atom. The summed E-state index contributed by atoms with van der Waals surface area (Å²) in [5.74, 6) is 0. The summed E-state index contributed by atoms with van der Waals surface area (Å²) in [4.78, 5) is 14.7. The van der Waals surface area contributed by atoms with Gasteiger partial charge < -0.3 is 0 Å². The summed E-state index contributed by atoms with van der Waals surface area (Å²) in [6, 6.07) is 2.14. The van der Waals surface area contributed by atoms with Gasteiger partial charge in [-0.3, -0.25) is 0 Å². The first-order valence-corrected chi connectivity index (χ1v) is 10.1. The van der Waals surface area contributed by atoms with E-state index in [4.69, 9.17) is 0 Å². The van der Waals surface area contributed by atoms with Crippen molar-refractivity contribution in [3.8, 4) is 0 Å². The molecule has 0 saturated carbocycles. The van der Waals surface area contributed by atoms with E-state index in [0.717, 1.165) is 19.4 Å². The summed E-state index contributed by atoms with van der Waals surface area (Å²) in [5, 5.41) is 4.26. The van der Waals surface area contributed by atoms with Crippen molar-refractivity contribution in [1.29, 1.82) is 0 Å². The predicted octanol–water partition coefficient (Wildman–Crippen LogP) is 4.57. The molecule has 1 aromatic rings. The zero-order valence-electron chi connectivity index (χ0n) is 11.4. The molecule has 19 heavy (non-hydrogen) atoms. The van der Waals surface area contributed by atoms with Crippen LogP contribution in [-0.2, 0) is 0 Å². The Hall–Kier alpha value is 0.159. The van der Waals surface area contributed by atoms with Crippen LogP contribution in [-0.4, -0.2) is 36.7 Å². The van der Waals surface area contributed by atoms with E-state index in [-0.39, 0.29) is 20.5 Å². The molecule has 5 heteroatoms. The zero-order chi connectivity index (χ0) is 14.0. The van der Waals surface area contributed by atoms with Gasteiger partial charge in [0.25, 0.3) is 0 Å². The number of amides is 1. The van der Waals surface area contributed by atoms with E-state index in [1.54, 1.807) is 11.3 Å². The van der Waals surface area contributed by atoms with Crippen molar-refractivity contribution in [3.63, 3.8) is 0 Å². The average Bonchev–Trinajstić information content (AvgIpc) is 2.95. The molecule has 0 radical (unpaired) electrons. The number of nitrogens with zero attached hydrogens (tertiary/aromatic N) is 1. The third-order valence-corrected chi connectivity index (χ3v) is 8.75. The summed E-state index contributed by atoms with van der Waals surface area (Å²) in [6.45, 7) is 7.44. The second-order valence-electron chi connectivity index (χ2n) is 5.09. The number of hydrogen-bond acceptors (Lipinski definition) is 2. The molecule has 104 valence electrons. The average molecular weight is 454 g/mol. The molecule has 0 aliphatic carbocycles. The van der Waals surface area contributed by atoms with Crippen LogP contribution in [0.3, 0.4) is 0 Å². The van der Waals surface area contributed by atoms with Crippen molar-refractivity contribution < 1.29 is 4.79 Å². The van der Waals surface area contributed by atoms with Crippen LogP contribution in [0.5, 0.6) is 0 Å². The van der Waals surface area contributed by atoms with Crippen LogP contribution >= 0.6 is 33.9 Å². The minimum atomic E-state index is -0.120. The summed E-state index contributed by atoms with van der Waals surface area (Å²) in [5.41, 5.74) is 1.14. The van der Waals surface area contributed by atoms with E-state index >= 15 is 0 Å². The van der Waals surface area contributed by atoms with Gasteiger partial charge in [-0.05, 0) is 0 Å². The Balaban J connectivity index is 2.34. The normalized spacial score (nSPS) is 21.1. The molecule has 2 heterocycles. The van der Waals surface area contributed by atoms with Crippen molar-refractivity contribution in [2.75, 3.05) is 6.54 Å². The molecule has 1 aliphatic rings. The zero-order valence-corrected chi connectivity index (χ0v) is 16.1. The van der Waals surface area contributed by atoms with Gasteiger partial charge in [0.05, 0.1) is 0 Å². The first-order chi connectivity index (χ1) is 8.98. The molecular weight excluding hydrogens is 436 g/mol. The molecular formula is C14H18INOSSe. The van der Waals surface area contributed by atoms with Crippen molar-refractivity contribution in [2.24, 2.45) is 0 Å². The first-order valence-electron chi connectivity index (χ1n) is 6.40. The molecule has 0 spiro atoms.